The first-order valence-electron chi connectivity index (χ1n) is 19.1. The lowest BCUT2D eigenvalue weighted by Crippen LogP contribution is -2.78. The van der Waals surface area contributed by atoms with Gasteiger partial charge in [-0.2, -0.15) is 0 Å². The number of hydrogen-bond donors (Lipinski definition) is 0. The van der Waals surface area contributed by atoms with Crippen LogP contribution >= 0.6 is 0 Å². The minimum atomic E-state index is -3.68. The highest BCUT2D eigenvalue weighted by atomic mass is 28.5. The predicted octanol–water partition coefficient (Wildman–Crippen LogP) is 8.05. The van der Waals surface area contributed by atoms with Crippen LogP contribution in [0.4, 0.5) is 0 Å². The largest absolute Gasteiger partial charge is 0.419 e. The first kappa shape index (κ1) is 38.3. The summed E-state index contributed by atoms with van der Waals surface area (Å²) in [4.78, 5) is 0. The SMILES string of the molecule is CC=C[Si](O[Si](O[Si](C=C[Si](CC)(CC)CC)(c1ccccc1)c1ccccc1)(c1ccccc1)c1ccccc1)(c1ccccc1)c1ccccc1. The molecule has 0 N–H and O–H groups in total. The van der Waals surface area contributed by atoms with E-state index >= 15 is 0 Å². The lowest BCUT2D eigenvalue weighted by Gasteiger charge is -2.46. The van der Waals surface area contributed by atoms with Gasteiger partial charge >= 0.3 is 8.56 Å². The molecule has 6 aromatic carbocycles. The molecule has 0 saturated carbocycles. The Labute approximate surface area is 322 Å². The van der Waals surface area contributed by atoms with Crippen LogP contribution in [-0.4, -0.2) is 33.3 Å². The van der Waals surface area contributed by atoms with Gasteiger partial charge in [-0.25, -0.2) is 0 Å². The zero-order chi connectivity index (χ0) is 37.0. The summed E-state index contributed by atoms with van der Waals surface area (Å²) in [6, 6.07) is 69.1. The molecule has 0 unspecified atom stereocenters. The van der Waals surface area contributed by atoms with Gasteiger partial charge in [-0.3, -0.25) is 0 Å². The van der Waals surface area contributed by atoms with Crippen LogP contribution in [0.2, 0.25) is 18.1 Å². The first-order valence-corrected chi connectivity index (χ1v) is 27.6. The molecule has 53 heavy (non-hydrogen) atoms. The molecule has 0 fully saturated rings. The highest BCUT2D eigenvalue weighted by Gasteiger charge is 2.56. The summed E-state index contributed by atoms with van der Waals surface area (Å²) < 4.78 is 16.9. The normalized spacial score (nSPS) is 12.8. The lowest BCUT2D eigenvalue weighted by atomic mass is 10.4. The Kier molecular flexibility index (Phi) is 12.7. The van der Waals surface area contributed by atoms with Crippen molar-refractivity contribution in [3.8, 4) is 0 Å². The van der Waals surface area contributed by atoms with Gasteiger partial charge in [0.2, 0.25) is 0 Å². The third-order valence-electron chi connectivity index (χ3n) is 10.9. The highest BCUT2D eigenvalue weighted by molar-refractivity contribution is 7.14. The van der Waals surface area contributed by atoms with Crippen molar-refractivity contribution >= 4 is 64.4 Å². The third-order valence-corrected chi connectivity index (χ3v) is 29.6. The molecule has 6 rings (SSSR count). The second-order valence-electron chi connectivity index (χ2n) is 13.7. The molecule has 0 atom stereocenters. The van der Waals surface area contributed by atoms with Gasteiger partial charge in [-0.05, 0) is 38.0 Å². The van der Waals surface area contributed by atoms with Crippen LogP contribution in [0.25, 0.3) is 0 Å². The summed E-state index contributed by atoms with van der Waals surface area (Å²) in [5.41, 5.74) is 7.59. The van der Waals surface area contributed by atoms with Crippen molar-refractivity contribution in [3.63, 3.8) is 0 Å². The third kappa shape index (κ3) is 7.94. The Morgan fingerprint density at radius 1 is 0.358 bits per heavy atom. The van der Waals surface area contributed by atoms with Crippen molar-refractivity contribution in [2.45, 2.75) is 45.8 Å². The number of benzene rings is 6. The molecule has 0 aliphatic heterocycles. The molecule has 0 aliphatic rings. The molecule has 0 amide bonds. The molecule has 268 valence electrons. The summed E-state index contributed by atoms with van der Waals surface area (Å²) in [5.74, 6) is 0. The van der Waals surface area contributed by atoms with Crippen LogP contribution in [0.1, 0.15) is 27.7 Å². The van der Waals surface area contributed by atoms with E-state index in [-0.39, 0.29) is 0 Å². The van der Waals surface area contributed by atoms with E-state index < -0.39 is 33.3 Å². The van der Waals surface area contributed by atoms with Crippen LogP contribution in [0, 0.1) is 0 Å². The Hall–Kier alpha value is -4.41. The van der Waals surface area contributed by atoms with E-state index in [0.29, 0.717) is 0 Å². The molecule has 6 aromatic rings. The molecular weight excluding hydrogens is 709 g/mol. The Morgan fingerprint density at radius 3 is 0.887 bits per heavy atom. The van der Waals surface area contributed by atoms with Gasteiger partial charge in [0.15, 0.2) is 0 Å². The maximum absolute atomic E-state index is 8.54. The van der Waals surface area contributed by atoms with Crippen LogP contribution < -0.4 is 31.1 Å². The van der Waals surface area contributed by atoms with Gasteiger partial charge in [0.1, 0.15) is 0 Å². The molecule has 6 heteroatoms. The number of rotatable bonds is 16. The van der Waals surface area contributed by atoms with Gasteiger partial charge in [0.25, 0.3) is 16.6 Å². The molecule has 0 radical (unpaired) electrons. The van der Waals surface area contributed by atoms with Crippen molar-refractivity contribution in [1.82, 2.24) is 0 Å². The van der Waals surface area contributed by atoms with E-state index in [4.69, 9.17) is 8.23 Å². The average Bonchev–Trinajstić information content (AvgIpc) is 3.25. The molecule has 2 nitrogen and oxygen atoms in total. The van der Waals surface area contributed by atoms with Crippen molar-refractivity contribution < 1.29 is 8.23 Å². The van der Waals surface area contributed by atoms with E-state index in [1.165, 1.54) is 38.9 Å². The molecule has 0 heterocycles. The summed E-state index contributed by atoms with van der Waals surface area (Å²) in [6.45, 7) is 9.26. The van der Waals surface area contributed by atoms with E-state index in [0.717, 1.165) is 10.4 Å². The minimum Gasteiger partial charge on any atom is -0.419 e. The summed E-state index contributed by atoms with van der Waals surface area (Å²) in [6.07, 6.45) is 2.18. The molecular formula is C47H52O2Si4. The molecule has 0 aromatic heterocycles. The smallest absolute Gasteiger partial charge is 0.387 e. The van der Waals surface area contributed by atoms with E-state index in [2.05, 4.69) is 233 Å². The quantitative estimate of drug-likeness (QED) is 0.0931. The van der Waals surface area contributed by atoms with Gasteiger partial charge < -0.3 is 8.23 Å². The standard InChI is InChI=1S/C47H52O2Si4/c1-5-39-51(42-27-15-9-16-28-42,43-29-17-10-18-30-43)48-53(46-35-23-13-24-36-46,47-37-25-14-26-38-47)49-52(44-31-19-11-20-32-44,45-33-21-12-22-34-45)41-40-50(6-2,7-3)8-4/h5,9-41H,6-8H2,1-4H3. The van der Waals surface area contributed by atoms with E-state index in [1.807, 2.05) is 0 Å². The molecule has 0 bridgehead atoms. The number of hydrogen-bond acceptors (Lipinski definition) is 2. The molecule has 0 saturated heterocycles. The fraction of sp³-hybridized carbons (Fsp3) is 0.149. The van der Waals surface area contributed by atoms with Crippen molar-refractivity contribution in [1.29, 1.82) is 0 Å². The van der Waals surface area contributed by atoms with Crippen LogP contribution in [0.5, 0.6) is 0 Å². The summed E-state index contributed by atoms with van der Waals surface area (Å²) in [5, 5.41) is 7.02. The highest BCUT2D eigenvalue weighted by Crippen LogP contribution is 2.28. The summed E-state index contributed by atoms with van der Waals surface area (Å²) in [7, 11) is -11.8. The topological polar surface area (TPSA) is 18.5 Å². The van der Waals surface area contributed by atoms with Crippen LogP contribution in [-0.2, 0) is 8.23 Å². The van der Waals surface area contributed by atoms with Crippen molar-refractivity contribution in [2.75, 3.05) is 0 Å². The molecule has 0 aliphatic carbocycles. The van der Waals surface area contributed by atoms with Crippen molar-refractivity contribution in [3.05, 3.63) is 205 Å². The van der Waals surface area contributed by atoms with Crippen LogP contribution in [0.15, 0.2) is 205 Å². The Balaban J connectivity index is 1.77. The van der Waals surface area contributed by atoms with E-state index in [1.54, 1.807) is 0 Å². The van der Waals surface area contributed by atoms with Gasteiger partial charge in [0.05, 0.1) is 8.07 Å². The maximum atomic E-state index is 8.54. The van der Waals surface area contributed by atoms with Crippen LogP contribution in [0.3, 0.4) is 0 Å². The molecule has 0 spiro atoms. The lowest BCUT2D eigenvalue weighted by molar-refractivity contribution is 0.429. The summed E-state index contributed by atoms with van der Waals surface area (Å²) >= 11 is 0. The minimum absolute atomic E-state index is 1.10. The maximum Gasteiger partial charge on any atom is 0.387 e. The fourth-order valence-electron chi connectivity index (χ4n) is 7.59. The second-order valence-corrected chi connectivity index (χ2v) is 28.9. The second kappa shape index (κ2) is 17.6. The van der Waals surface area contributed by atoms with Gasteiger partial charge in [-0.15, -0.1) is 0 Å². The van der Waals surface area contributed by atoms with Gasteiger partial charge in [0, 0.05) is 0 Å². The monoisotopic (exact) mass is 760 g/mol. The first-order chi connectivity index (χ1) is 26.0. The zero-order valence-electron chi connectivity index (χ0n) is 31.6. The predicted molar refractivity (Wildman–Crippen MR) is 237 cm³/mol. The zero-order valence-corrected chi connectivity index (χ0v) is 35.6. The Bertz CT molecular complexity index is 1910. The van der Waals surface area contributed by atoms with Gasteiger partial charge in [-0.1, -0.05) is 244 Å². The number of allylic oxidation sites excluding steroid dienone is 1. The van der Waals surface area contributed by atoms with E-state index in [9.17, 15) is 0 Å². The fourth-order valence-corrected chi connectivity index (χ4v) is 26.9. The Morgan fingerprint density at radius 2 is 0.623 bits per heavy atom. The van der Waals surface area contributed by atoms with Crippen molar-refractivity contribution in [2.24, 2.45) is 0 Å². The average molecular weight is 761 g/mol.